The van der Waals surface area contributed by atoms with Crippen LogP contribution in [-0.2, 0) is 0 Å². The fraction of sp³-hybridized carbons (Fsp3) is 0.133. The molecule has 1 aliphatic rings. The third-order valence-corrected chi connectivity index (χ3v) is 4.05. The van der Waals surface area contributed by atoms with Gasteiger partial charge in [-0.05, 0) is 23.6 Å². The summed E-state index contributed by atoms with van der Waals surface area (Å²) in [7, 11) is 0. The highest BCUT2D eigenvalue weighted by Crippen LogP contribution is 2.33. The highest BCUT2D eigenvalue weighted by atomic mass is 32.1. The molecular formula is C15H13N3OS. The number of rotatable bonds is 2. The number of nitrogens with zero attached hydrogens (tertiary/aromatic N) is 1. The predicted molar refractivity (Wildman–Crippen MR) is 80.2 cm³/mol. The van der Waals surface area contributed by atoms with Crippen LogP contribution in [0.3, 0.4) is 0 Å². The van der Waals surface area contributed by atoms with Crippen LogP contribution in [0.25, 0.3) is 11.3 Å². The Labute approximate surface area is 120 Å². The van der Waals surface area contributed by atoms with Crippen molar-refractivity contribution in [3.05, 3.63) is 53.1 Å². The average Bonchev–Trinajstić information content (AvgIpc) is 3.17. The maximum Gasteiger partial charge on any atom is 0.173 e. The van der Waals surface area contributed by atoms with Crippen molar-refractivity contribution < 1.29 is 4.74 Å². The smallest absolute Gasteiger partial charge is 0.173 e. The molecule has 20 heavy (non-hydrogen) atoms. The number of imidazole rings is 1. The fourth-order valence-electron chi connectivity index (χ4n) is 2.33. The number of para-hydroxylation sites is 2. The van der Waals surface area contributed by atoms with Gasteiger partial charge in [-0.15, -0.1) is 0 Å². The SMILES string of the molecule is c1ccc2c(c1)NCC(c1ncc(-c3ccsc3)[nH]1)O2. The summed E-state index contributed by atoms with van der Waals surface area (Å²) in [5.74, 6) is 1.73. The van der Waals surface area contributed by atoms with E-state index in [1.165, 1.54) is 0 Å². The molecule has 2 aromatic heterocycles. The van der Waals surface area contributed by atoms with Crippen molar-refractivity contribution >= 4 is 17.0 Å². The summed E-state index contributed by atoms with van der Waals surface area (Å²) in [6.45, 7) is 0.716. The fourth-order valence-corrected chi connectivity index (χ4v) is 2.99. The van der Waals surface area contributed by atoms with Crippen LogP contribution in [0.15, 0.2) is 47.3 Å². The first-order valence-electron chi connectivity index (χ1n) is 6.47. The monoisotopic (exact) mass is 283 g/mol. The first-order chi connectivity index (χ1) is 9.90. The molecule has 1 atom stereocenters. The van der Waals surface area contributed by atoms with E-state index in [0.717, 1.165) is 28.5 Å². The molecule has 3 aromatic rings. The van der Waals surface area contributed by atoms with E-state index in [0.29, 0.717) is 6.54 Å². The van der Waals surface area contributed by atoms with Crippen LogP contribution in [0.5, 0.6) is 5.75 Å². The van der Waals surface area contributed by atoms with Crippen molar-refractivity contribution in [3.8, 4) is 17.0 Å². The van der Waals surface area contributed by atoms with Crippen LogP contribution in [0.1, 0.15) is 11.9 Å². The Bertz CT molecular complexity index is 720. The molecule has 1 aliphatic heterocycles. The van der Waals surface area contributed by atoms with Crippen molar-refractivity contribution in [2.75, 3.05) is 11.9 Å². The number of hydrogen-bond acceptors (Lipinski definition) is 4. The van der Waals surface area contributed by atoms with E-state index in [-0.39, 0.29) is 6.10 Å². The van der Waals surface area contributed by atoms with Gasteiger partial charge in [-0.2, -0.15) is 11.3 Å². The predicted octanol–water partition coefficient (Wildman–Crippen LogP) is 3.68. The molecule has 0 fully saturated rings. The van der Waals surface area contributed by atoms with Gasteiger partial charge in [0.25, 0.3) is 0 Å². The Balaban J connectivity index is 1.60. The number of H-pyrrole nitrogens is 1. The van der Waals surface area contributed by atoms with Gasteiger partial charge < -0.3 is 15.0 Å². The second-order valence-corrected chi connectivity index (χ2v) is 5.46. The van der Waals surface area contributed by atoms with Gasteiger partial charge in [0.05, 0.1) is 24.1 Å². The zero-order valence-corrected chi connectivity index (χ0v) is 11.5. The molecular weight excluding hydrogens is 270 g/mol. The molecule has 0 spiro atoms. The quantitative estimate of drug-likeness (QED) is 0.754. The largest absolute Gasteiger partial charge is 0.478 e. The summed E-state index contributed by atoms with van der Waals surface area (Å²) in [5.41, 5.74) is 3.23. The molecule has 4 nitrogen and oxygen atoms in total. The van der Waals surface area contributed by atoms with E-state index < -0.39 is 0 Å². The number of aromatic amines is 1. The molecule has 0 saturated carbocycles. The first-order valence-corrected chi connectivity index (χ1v) is 7.41. The summed E-state index contributed by atoms with van der Waals surface area (Å²) in [6, 6.07) is 10.0. The lowest BCUT2D eigenvalue weighted by atomic mass is 10.2. The number of hydrogen-bond donors (Lipinski definition) is 2. The maximum atomic E-state index is 6.00. The molecule has 0 saturated heterocycles. The van der Waals surface area contributed by atoms with Gasteiger partial charge in [0.2, 0.25) is 0 Å². The van der Waals surface area contributed by atoms with Gasteiger partial charge in [-0.1, -0.05) is 12.1 Å². The number of anilines is 1. The van der Waals surface area contributed by atoms with Crippen LogP contribution in [0.2, 0.25) is 0 Å². The molecule has 5 heteroatoms. The summed E-state index contributed by atoms with van der Waals surface area (Å²) in [4.78, 5) is 7.80. The molecule has 1 unspecified atom stereocenters. The Morgan fingerprint density at radius 3 is 3.10 bits per heavy atom. The number of aromatic nitrogens is 2. The van der Waals surface area contributed by atoms with Crippen LogP contribution in [-0.4, -0.2) is 16.5 Å². The van der Waals surface area contributed by atoms with Gasteiger partial charge in [0.15, 0.2) is 6.10 Å². The van der Waals surface area contributed by atoms with E-state index in [1.807, 2.05) is 30.5 Å². The standard InChI is InChI=1S/C15H13N3OS/c1-2-4-13-11(3-1)16-8-14(19-13)15-17-7-12(18-15)10-5-6-20-9-10/h1-7,9,14,16H,8H2,(H,17,18). The summed E-state index contributed by atoms with van der Waals surface area (Å²) >= 11 is 1.68. The van der Waals surface area contributed by atoms with Crippen molar-refractivity contribution in [3.63, 3.8) is 0 Å². The van der Waals surface area contributed by atoms with Crippen molar-refractivity contribution in [2.24, 2.45) is 0 Å². The normalized spacial score (nSPS) is 17.1. The van der Waals surface area contributed by atoms with E-state index in [1.54, 1.807) is 11.3 Å². The molecule has 2 N–H and O–H groups in total. The molecule has 0 radical (unpaired) electrons. The Hall–Kier alpha value is -2.27. The van der Waals surface area contributed by atoms with Crippen LogP contribution in [0.4, 0.5) is 5.69 Å². The molecule has 0 bridgehead atoms. The number of nitrogens with one attached hydrogen (secondary N) is 2. The summed E-state index contributed by atoms with van der Waals surface area (Å²) in [5, 5.41) is 7.54. The summed E-state index contributed by atoms with van der Waals surface area (Å²) < 4.78 is 6.00. The Morgan fingerprint density at radius 1 is 1.25 bits per heavy atom. The van der Waals surface area contributed by atoms with Gasteiger partial charge in [0.1, 0.15) is 11.6 Å². The second-order valence-electron chi connectivity index (χ2n) is 4.68. The Morgan fingerprint density at radius 2 is 2.20 bits per heavy atom. The lowest BCUT2D eigenvalue weighted by molar-refractivity contribution is 0.201. The van der Waals surface area contributed by atoms with E-state index >= 15 is 0 Å². The zero-order valence-electron chi connectivity index (χ0n) is 10.7. The molecule has 1 aromatic carbocycles. The maximum absolute atomic E-state index is 6.00. The number of thiophene rings is 1. The molecule has 4 rings (SSSR count). The lowest BCUT2D eigenvalue weighted by Gasteiger charge is -2.25. The lowest BCUT2D eigenvalue weighted by Crippen LogP contribution is -2.24. The van der Waals surface area contributed by atoms with E-state index in [9.17, 15) is 0 Å². The minimum absolute atomic E-state index is 0.0858. The zero-order chi connectivity index (χ0) is 13.4. The van der Waals surface area contributed by atoms with Gasteiger partial charge in [0, 0.05) is 10.9 Å². The summed E-state index contributed by atoms with van der Waals surface area (Å²) in [6.07, 6.45) is 1.78. The van der Waals surface area contributed by atoms with Crippen molar-refractivity contribution in [2.45, 2.75) is 6.10 Å². The van der Waals surface area contributed by atoms with E-state index in [4.69, 9.17) is 4.74 Å². The molecule has 0 amide bonds. The number of benzene rings is 1. The van der Waals surface area contributed by atoms with Crippen LogP contribution < -0.4 is 10.1 Å². The molecule has 100 valence electrons. The van der Waals surface area contributed by atoms with Crippen LogP contribution in [0, 0.1) is 0 Å². The first kappa shape index (κ1) is 11.5. The van der Waals surface area contributed by atoms with Gasteiger partial charge >= 0.3 is 0 Å². The minimum atomic E-state index is -0.0858. The highest BCUT2D eigenvalue weighted by Gasteiger charge is 2.23. The second kappa shape index (κ2) is 4.68. The number of ether oxygens (including phenoxy) is 1. The average molecular weight is 283 g/mol. The van der Waals surface area contributed by atoms with E-state index in [2.05, 4.69) is 32.1 Å². The van der Waals surface area contributed by atoms with Gasteiger partial charge in [-0.3, -0.25) is 0 Å². The van der Waals surface area contributed by atoms with Crippen molar-refractivity contribution in [1.82, 2.24) is 9.97 Å². The van der Waals surface area contributed by atoms with Crippen LogP contribution >= 0.6 is 11.3 Å². The number of fused-ring (bicyclic) bond motifs is 1. The molecule has 3 heterocycles. The van der Waals surface area contributed by atoms with Gasteiger partial charge in [-0.25, -0.2) is 4.98 Å². The Kier molecular flexibility index (Phi) is 2.70. The minimum Gasteiger partial charge on any atom is -0.478 e. The molecule has 0 aliphatic carbocycles. The van der Waals surface area contributed by atoms with Crippen molar-refractivity contribution in [1.29, 1.82) is 0 Å². The third kappa shape index (κ3) is 1.96. The third-order valence-electron chi connectivity index (χ3n) is 3.37. The highest BCUT2D eigenvalue weighted by molar-refractivity contribution is 7.08. The topological polar surface area (TPSA) is 49.9 Å².